The van der Waals surface area contributed by atoms with Crippen LogP contribution >= 0.6 is 27.5 Å². The second kappa shape index (κ2) is 11.1. The molecule has 0 aliphatic heterocycles. The number of carbonyl (C=O) groups excluding carboxylic acids is 2. The number of nitrogens with zero attached hydrogens (tertiary/aromatic N) is 1. The Labute approximate surface area is 196 Å². The average Bonchev–Trinajstić information content (AvgIpc) is 2.78. The van der Waals surface area contributed by atoms with Gasteiger partial charge in [-0.3, -0.25) is 9.59 Å². The maximum Gasteiger partial charge on any atom is 0.242 e. The van der Waals surface area contributed by atoms with E-state index < -0.39 is 6.04 Å². The number of hydrogen-bond acceptors (Lipinski definition) is 2. The first-order valence-corrected chi connectivity index (χ1v) is 11.2. The number of hydrogen-bond donors (Lipinski definition) is 1. The van der Waals surface area contributed by atoms with Crippen molar-refractivity contribution in [3.8, 4) is 0 Å². The summed E-state index contributed by atoms with van der Waals surface area (Å²) in [6.45, 7) is 0.313. The van der Waals surface area contributed by atoms with Crippen LogP contribution in [0.2, 0.25) is 5.02 Å². The number of amides is 2. The van der Waals surface area contributed by atoms with Gasteiger partial charge < -0.3 is 10.2 Å². The lowest BCUT2D eigenvalue weighted by Gasteiger charge is -2.31. The summed E-state index contributed by atoms with van der Waals surface area (Å²) in [7, 11) is 1.59. The van der Waals surface area contributed by atoms with Crippen LogP contribution in [0.4, 0.5) is 0 Å². The van der Waals surface area contributed by atoms with E-state index in [0.29, 0.717) is 18.0 Å². The van der Waals surface area contributed by atoms with E-state index in [1.807, 2.05) is 72.8 Å². The van der Waals surface area contributed by atoms with Crippen LogP contribution in [-0.4, -0.2) is 29.8 Å². The maximum atomic E-state index is 13.5. The third kappa shape index (κ3) is 6.42. The molecule has 6 heteroatoms. The molecule has 0 spiro atoms. The molecule has 0 aliphatic rings. The number of benzene rings is 3. The molecule has 1 atom stereocenters. The Morgan fingerprint density at radius 3 is 2.32 bits per heavy atom. The fraction of sp³-hybridized carbons (Fsp3) is 0.200. The predicted octanol–water partition coefficient (Wildman–Crippen LogP) is 5.03. The van der Waals surface area contributed by atoms with Crippen molar-refractivity contribution >= 4 is 39.3 Å². The summed E-state index contributed by atoms with van der Waals surface area (Å²) in [5.74, 6) is -0.357. The molecule has 3 rings (SSSR count). The van der Waals surface area contributed by atoms with Crippen molar-refractivity contribution in [2.45, 2.75) is 25.4 Å². The number of nitrogens with one attached hydrogen (secondary N) is 1. The molecule has 160 valence electrons. The lowest BCUT2D eigenvalue weighted by atomic mass is 10.0. The predicted molar refractivity (Wildman–Crippen MR) is 128 cm³/mol. The molecular formula is C25H24BrClN2O2. The topological polar surface area (TPSA) is 49.4 Å². The summed E-state index contributed by atoms with van der Waals surface area (Å²) in [5, 5.41) is 3.26. The quantitative estimate of drug-likeness (QED) is 0.472. The van der Waals surface area contributed by atoms with Gasteiger partial charge in [-0.15, -0.1) is 0 Å². The van der Waals surface area contributed by atoms with Crippen molar-refractivity contribution in [2.75, 3.05) is 7.05 Å². The monoisotopic (exact) mass is 498 g/mol. The van der Waals surface area contributed by atoms with Gasteiger partial charge in [0, 0.05) is 29.5 Å². The van der Waals surface area contributed by atoms with Crippen molar-refractivity contribution < 1.29 is 9.59 Å². The minimum absolute atomic E-state index is 0.121. The van der Waals surface area contributed by atoms with E-state index in [-0.39, 0.29) is 18.2 Å². The fourth-order valence-corrected chi connectivity index (χ4v) is 4.11. The maximum absolute atomic E-state index is 13.5. The highest BCUT2D eigenvalue weighted by atomic mass is 79.9. The van der Waals surface area contributed by atoms with E-state index in [4.69, 9.17) is 11.6 Å². The molecule has 4 nitrogen and oxygen atoms in total. The van der Waals surface area contributed by atoms with Crippen molar-refractivity contribution in [1.82, 2.24) is 10.2 Å². The van der Waals surface area contributed by atoms with E-state index in [9.17, 15) is 9.59 Å². The molecule has 0 saturated carbocycles. The molecule has 3 aromatic carbocycles. The Hall–Kier alpha value is -2.63. The van der Waals surface area contributed by atoms with Crippen LogP contribution in [-0.2, 0) is 29.0 Å². The van der Waals surface area contributed by atoms with Gasteiger partial charge in [-0.05, 0) is 34.9 Å². The highest BCUT2D eigenvalue weighted by Crippen LogP contribution is 2.21. The first-order chi connectivity index (χ1) is 15.0. The molecule has 0 radical (unpaired) electrons. The van der Waals surface area contributed by atoms with Gasteiger partial charge in [0.2, 0.25) is 11.8 Å². The van der Waals surface area contributed by atoms with Crippen molar-refractivity contribution in [3.63, 3.8) is 0 Å². The Balaban J connectivity index is 1.95. The molecule has 2 amide bonds. The zero-order valence-corrected chi connectivity index (χ0v) is 19.6. The van der Waals surface area contributed by atoms with Gasteiger partial charge >= 0.3 is 0 Å². The molecule has 0 heterocycles. The molecule has 1 unspecified atom stereocenters. The average molecular weight is 500 g/mol. The lowest BCUT2D eigenvalue weighted by molar-refractivity contribution is -0.140. The second-order valence-corrected chi connectivity index (χ2v) is 8.56. The molecule has 0 aromatic heterocycles. The van der Waals surface area contributed by atoms with Crippen LogP contribution in [0, 0.1) is 0 Å². The lowest BCUT2D eigenvalue weighted by Crippen LogP contribution is -2.50. The molecule has 0 saturated heterocycles. The Bertz CT molecular complexity index is 1040. The minimum Gasteiger partial charge on any atom is -0.357 e. The van der Waals surface area contributed by atoms with Crippen LogP contribution in [0.15, 0.2) is 83.3 Å². The molecule has 31 heavy (non-hydrogen) atoms. The van der Waals surface area contributed by atoms with E-state index in [1.54, 1.807) is 18.0 Å². The van der Waals surface area contributed by atoms with Crippen LogP contribution in [0.1, 0.15) is 16.7 Å². The highest BCUT2D eigenvalue weighted by molar-refractivity contribution is 9.10. The van der Waals surface area contributed by atoms with Gasteiger partial charge in [0.15, 0.2) is 0 Å². The van der Waals surface area contributed by atoms with E-state index in [0.717, 1.165) is 21.2 Å². The Morgan fingerprint density at radius 1 is 0.968 bits per heavy atom. The standard InChI is InChI=1S/C25H24BrClN2O2/c1-28-25(31)23(15-18-8-3-2-4-9-18)29(17-19-10-7-12-21(26)14-19)24(30)16-20-11-5-6-13-22(20)27/h2-14,23H,15-17H2,1H3,(H,28,31). The zero-order chi connectivity index (χ0) is 22.2. The highest BCUT2D eigenvalue weighted by Gasteiger charge is 2.30. The van der Waals surface area contributed by atoms with Gasteiger partial charge in [0.1, 0.15) is 6.04 Å². The number of likely N-dealkylation sites (N-methyl/N-ethyl adjacent to an activating group) is 1. The van der Waals surface area contributed by atoms with Gasteiger partial charge in [-0.2, -0.15) is 0 Å². The van der Waals surface area contributed by atoms with E-state index in [1.165, 1.54) is 0 Å². The number of carbonyl (C=O) groups is 2. The minimum atomic E-state index is -0.652. The first-order valence-electron chi connectivity index (χ1n) is 10.0. The third-order valence-electron chi connectivity index (χ3n) is 5.06. The smallest absolute Gasteiger partial charge is 0.242 e. The normalized spacial score (nSPS) is 11.6. The van der Waals surface area contributed by atoms with E-state index in [2.05, 4.69) is 21.2 Å². The number of rotatable bonds is 8. The Morgan fingerprint density at radius 2 is 1.65 bits per heavy atom. The fourth-order valence-electron chi connectivity index (χ4n) is 3.46. The summed E-state index contributed by atoms with van der Waals surface area (Å²) in [6.07, 6.45) is 0.540. The summed E-state index contributed by atoms with van der Waals surface area (Å²) in [5.41, 5.74) is 2.66. The van der Waals surface area contributed by atoms with Crippen molar-refractivity contribution in [1.29, 1.82) is 0 Å². The van der Waals surface area contributed by atoms with Crippen LogP contribution in [0.3, 0.4) is 0 Å². The van der Waals surface area contributed by atoms with Gasteiger partial charge in [0.25, 0.3) is 0 Å². The van der Waals surface area contributed by atoms with Crippen LogP contribution in [0.25, 0.3) is 0 Å². The summed E-state index contributed by atoms with van der Waals surface area (Å²) < 4.78 is 0.919. The van der Waals surface area contributed by atoms with Crippen molar-refractivity contribution in [2.24, 2.45) is 0 Å². The molecule has 0 aliphatic carbocycles. The SMILES string of the molecule is CNC(=O)C(Cc1ccccc1)N(Cc1cccc(Br)c1)C(=O)Cc1ccccc1Cl. The Kier molecular flexibility index (Phi) is 8.27. The zero-order valence-electron chi connectivity index (χ0n) is 17.2. The van der Waals surface area contributed by atoms with Crippen LogP contribution < -0.4 is 5.32 Å². The molecular weight excluding hydrogens is 476 g/mol. The van der Waals surface area contributed by atoms with Gasteiger partial charge in [0.05, 0.1) is 6.42 Å². The third-order valence-corrected chi connectivity index (χ3v) is 5.92. The van der Waals surface area contributed by atoms with E-state index >= 15 is 0 Å². The molecule has 0 fully saturated rings. The molecule has 3 aromatic rings. The second-order valence-electron chi connectivity index (χ2n) is 7.24. The van der Waals surface area contributed by atoms with Crippen molar-refractivity contribution in [3.05, 3.63) is 105 Å². The number of halogens is 2. The largest absolute Gasteiger partial charge is 0.357 e. The van der Waals surface area contributed by atoms with Gasteiger partial charge in [-0.25, -0.2) is 0 Å². The molecule has 1 N–H and O–H groups in total. The van der Waals surface area contributed by atoms with Gasteiger partial charge in [-0.1, -0.05) is 88.2 Å². The first kappa shape index (κ1) is 23.0. The molecule has 0 bridgehead atoms. The summed E-state index contributed by atoms with van der Waals surface area (Å²) >= 11 is 9.78. The van der Waals surface area contributed by atoms with Crippen LogP contribution in [0.5, 0.6) is 0 Å². The summed E-state index contributed by atoms with van der Waals surface area (Å²) in [6, 6.07) is 24.1. The summed E-state index contributed by atoms with van der Waals surface area (Å²) in [4.78, 5) is 28.0.